The van der Waals surface area contributed by atoms with E-state index in [0.717, 1.165) is 19.2 Å². The zero-order chi connectivity index (χ0) is 23.4. The molecule has 2 aliphatic rings. The van der Waals surface area contributed by atoms with E-state index in [0.29, 0.717) is 0 Å². The zero-order valence-corrected chi connectivity index (χ0v) is 18.3. The van der Waals surface area contributed by atoms with Crippen LogP contribution in [-0.4, -0.2) is 46.1 Å². The van der Waals surface area contributed by atoms with Crippen LogP contribution in [0.3, 0.4) is 0 Å². The van der Waals surface area contributed by atoms with Crippen LogP contribution in [0.1, 0.15) is 45.6 Å². The van der Waals surface area contributed by atoms with Gasteiger partial charge in [-0.1, -0.05) is 66.3 Å². The van der Waals surface area contributed by atoms with Crippen LogP contribution >= 0.6 is 0 Å². The second-order valence-corrected chi connectivity index (χ2v) is 8.10. The second kappa shape index (κ2) is 9.67. The van der Waals surface area contributed by atoms with Crippen molar-refractivity contribution in [2.24, 2.45) is 0 Å². The molecule has 1 aliphatic heterocycles. The van der Waals surface area contributed by atoms with E-state index < -0.39 is 22.9 Å². The summed E-state index contributed by atoms with van der Waals surface area (Å²) in [5.74, 6) is -1.34. The summed E-state index contributed by atoms with van der Waals surface area (Å²) in [7, 11) is 2.22. The first-order valence-electron chi connectivity index (χ1n) is 10.8. The van der Waals surface area contributed by atoms with Gasteiger partial charge in [-0.2, -0.15) is 0 Å². The molecule has 7 nitrogen and oxygen atoms in total. The number of nitrogens with zero attached hydrogens (tertiary/aromatic N) is 1. The van der Waals surface area contributed by atoms with Crippen LogP contribution in [0.25, 0.3) is 17.7 Å². The quantitative estimate of drug-likeness (QED) is 0.418. The highest BCUT2D eigenvalue weighted by atomic mass is 16.4. The predicted molar refractivity (Wildman–Crippen MR) is 129 cm³/mol. The SMILES string of the molecule is CN1CCC(=C2c3ccccc3C=Cc3ccccc32)CC1.O=C(O)c1cc(=O)[nH]c(=O)[nH]1. The van der Waals surface area contributed by atoms with Crippen molar-refractivity contribution in [3.05, 3.63) is 109 Å². The molecule has 1 fully saturated rings. The van der Waals surface area contributed by atoms with Gasteiger partial charge in [-0.3, -0.25) is 9.78 Å². The standard InChI is InChI=1S/C21H21N.C5H4N2O4/c1-22-14-12-18(13-15-22)21-19-8-4-2-6-16(19)10-11-17-7-3-5-9-20(17)21;8-3-1-2(4(9)10)6-5(11)7-3/h2-11H,12-15H2,1H3;1H,(H,9,10)(H2,6,7,8,11). The van der Waals surface area contributed by atoms with Gasteiger partial charge in [-0.25, -0.2) is 9.59 Å². The number of piperidine rings is 1. The Hall–Kier alpha value is -3.97. The summed E-state index contributed by atoms with van der Waals surface area (Å²) < 4.78 is 0. The van der Waals surface area contributed by atoms with E-state index in [9.17, 15) is 14.4 Å². The highest BCUT2D eigenvalue weighted by Gasteiger charge is 2.21. The topological polar surface area (TPSA) is 106 Å². The van der Waals surface area contributed by atoms with E-state index in [2.05, 4.69) is 72.6 Å². The maximum Gasteiger partial charge on any atom is 0.352 e. The number of aromatic carboxylic acids is 1. The van der Waals surface area contributed by atoms with E-state index in [4.69, 9.17) is 5.11 Å². The van der Waals surface area contributed by atoms with Crippen molar-refractivity contribution >= 4 is 23.7 Å². The fraction of sp³-hybridized carbons (Fsp3) is 0.192. The molecule has 0 spiro atoms. The molecule has 0 unspecified atom stereocenters. The Morgan fingerprint density at radius 2 is 1.42 bits per heavy atom. The van der Waals surface area contributed by atoms with Crippen molar-refractivity contribution in [3.8, 4) is 0 Å². The average molecular weight is 444 g/mol. The molecule has 0 bridgehead atoms. The van der Waals surface area contributed by atoms with Crippen molar-refractivity contribution in [2.75, 3.05) is 20.1 Å². The van der Waals surface area contributed by atoms with E-state index in [1.165, 1.54) is 40.7 Å². The minimum Gasteiger partial charge on any atom is -0.477 e. The lowest BCUT2D eigenvalue weighted by molar-refractivity contribution is 0.0689. The Morgan fingerprint density at radius 3 is 1.94 bits per heavy atom. The number of aromatic amines is 2. The van der Waals surface area contributed by atoms with Gasteiger partial charge >= 0.3 is 11.7 Å². The lowest BCUT2D eigenvalue weighted by Gasteiger charge is -2.27. The molecule has 168 valence electrons. The fourth-order valence-corrected chi connectivity index (χ4v) is 4.17. The third-order valence-corrected chi connectivity index (χ3v) is 5.84. The largest absolute Gasteiger partial charge is 0.477 e. The molecule has 0 radical (unpaired) electrons. The van der Waals surface area contributed by atoms with Gasteiger partial charge in [0.2, 0.25) is 0 Å². The summed E-state index contributed by atoms with van der Waals surface area (Å²) in [5, 5.41) is 8.31. The monoisotopic (exact) mass is 443 g/mol. The highest BCUT2D eigenvalue weighted by Crippen LogP contribution is 2.38. The van der Waals surface area contributed by atoms with Gasteiger partial charge in [0.1, 0.15) is 5.69 Å². The van der Waals surface area contributed by atoms with Crippen LogP contribution in [0.2, 0.25) is 0 Å². The summed E-state index contributed by atoms with van der Waals surface area (Å²) in [4.78, 5) is 37.3. The molecule has 0 amide bonds. The number of hydrogen-bond donors (Lipinski definition) is 3. The lowest BCUT2D eigenvalue weighted by atomic mass is 9.86. The first-order valence-corrected chi connectivity index (χ1v) is 10.8. The highest BCUT2D eigenvalue weighted by molar-refractivity contribution is 5.94. The van der Waals surface area contributed by atoms with Crippen LogP contribution in [0.5, 0.6) is 0 Å². The summed E-state index contributed by atoms with van der Waals surface area (Å²) in [6.45, 7) is 2.33. The summed E-state index contributed by atoms with van der Waals surface area (Å²) in [6.07, 6.45) is 6.87. The van der Waals surface area contributed by atoms with Crippen molar-refractivity contribution in [3.63, 3.8) is 0 Å². The van der Waals surface area contributed by atoms with Crippen LogP contribution in [0.4, 0.5) is 0 Å². The molecular weight excluding hydrogens is 418 g/mol. The van der Waals surface area contributed by atoms with E-state index >= 15 is 0 Å². The number of hydrogen-bond acceptors (Lipinski definition) is 4. The predicted octanol–water partition coefficient (Wildman–Crippen LogP) is 3.46. The van der Waals surface area contributed by atoms with Crippen LogP contribution in [0, 0.1) is 0 Å². The maximum absolute atomic E-state index is 10.5. The van der Waals surface area contributed by atoms with Gasteiger partial charge in [0.05, 0.1) is 0 Å². The van der Waals surface area contributed by atoms with Gasteiger partial charge in [-0.15, -0.1) is 0 Å². The smallest absolute Gasteiger partial charge is 0.352 e. The molecular formula is C26H25N3O4. The van der Waals surface area contributed by atoms with Crippen molar-refractivity contribution in [1.29, 1.82) is 0 Å². The number of carboxylic acid groups (broad SMARTS) is 1. The number of nitrogens with one attached hydrogen (secondary N) is 2. The third kappa shape index (κ3) is 5.10. The molecule has 2 heterocycles. The molecule has 1 saturated heterocycles. The minimum atomic E-state index is -1.34. The van der Waals surface area contributed by atoms with Gasteiger partial charge in [0.15, 0.2) is 0 Å². The normalized spacial score (nSPS) is 15.1. The number of carbonyl (C=O) groups is 1. The summed E-state index contributed by atoms with van der Waals surface area (Å²) in [6, 6.07) is 18.4. The first kappa shape index (κ1) is 22.2. The molecule has 3 N–H and O–H groups in total. The molecule has 33 heavy (non-hydrogen) atoms. The molecule has 1 aromatic heterocycles. The molecule has 5 rings (SSSR count). The average Bonchev–Trinajstić information content (AvgIpc) is 2.97. The lowest BCUT2D eigenvalue weighted by Crippen LogP contribution is -2.27. The van der Waals surface area contributed by atoms with E-state index in [1.54, 1.807) is 5.57 Å². The summed E-state index contributed by atoms with van der Waals surface area (Å²) in [5.41, 5.74) is 6.57. The Kier molecular flexibility index (Phi) is 6.51. The molecule has 3 aromatic rings. The Bertz CT molecular complexity index is 1270. The number of likely N-dealkylation sites (tertiary alicyclic amines) is 1. The number of carboxylic acids is 1. The van der Waals surface area contributed by atoms with E-state index in [-0.39, 0.29) is 0 Å². The number of rotatable bonds is 1. The molecule has 2 aromatic carbocycles. The number of aromatic nitrogens is 2. The number of benzene rings is 2. The molecule has 0 saturated carbocycles. The van der Waals surface area contributed by atoms with Crippen LogP contribution in [0.15, 0.2) is 69.8 Å². The molecule has 0 atom stereocenters. The molecule has 7 heteroatoms. The van der Waals surface area contributed by atoms with Gasteiger partial charge in [0.25, 0.3) is 5.56 Å². The van der Waals surface area contributed by atoms with E-state index in [1.807, 2.05) is 9.97 Å². The maximum atomic E-state index is 10.5. The van der Waals surface area contributed by atoms with Crippen molar-refractivity contribution in [2.45, 2.75) is 12.8 Å². The van der Waals surface area contributed by atoms with Gasteiger partial charge in [0, 0.05) is 19.2 Å². The molecule has 1 aliphatic carbocycles. The zero-order valence-electron chi connectivity index (χ0n) is 18.3. The van der Waals surface area contributed by atoms with Crippen LogP contribution < -0.4 is 11.2 Å². The first-order chi connectivity index (χ1) is 15.9. The van der Waals surface area contributed by atoms with Gasteiger partial charge < -0.3 is 15.0 Å². The third-order valence-electron chi connectivity index (χ3n) is 5.84. The summed E-state index contributed by atoms with van der Waals surface area (Å²) >= 11 is 0. The Labute approximate surface area is 190 Å². The number of H-pyrrole nitrogens is 2. The van der Waals surface area contributed by atoms with Crippen molar-refractivity contribution < 1.29 is 9.90 Å². The fourth-order valence-electron chi connectivity index (χ4n) is 4.17. The van der Waals surface area contributed by atoms with Gasteiger partial charge in [-0.05, 0) is 47.7 Å². The van der Waals surface area contributed by atoms with Crippen LogP contribution in [-0.2, 0) is 0 Å². The van der Waals surface area contributed by atoms with Crippen molar-refractivity contribution in [1.82, 2.24) is 14.9 Å². The Balaban J connectivity index is 0.000000200. The second-order valence-electron chi connectivity index (χ2n) is 8.10. The Morgan fingerprint density at radius 1 is 0.879 bits per heavy atom. The number of fused-ring (bicyclic) bond motifs is 2. The minimum absolute atomic E-state index is 0.418.